The number of esters is 1. The van der Waals surface area contributed by atoms with Crippen molar-refractivity contribution in [2.75, 3.05) is 5.88 Å². The maximum absolute atomic E-state index is 13.3. The minimum absolute atomic E-state index is 0.126. The molecule has 0 aromatic heterocycles. The van der Waals surface area contributed by atoms with Crippen LogP contribution < -0.4 is 0 Å². The summed E-state index contributed by atoms with van der Waals surface area (Å²) in [6.45, 7) is 1.41. The molecule has 8 heteroatoms. The van der Waals surface area contributed by atoms with Gasteiger partial charge in [0.05, 0.1) is 6.42 Å². The third-order valence-corrected chi connectivity index (χ3v) is 9.23. The van der Waals surface area contributed by atoms with Crippen LogP contribution in [0.25, 0.3) is 0 Å². The van der Waals surface area contributed by atoms with Crippen LogP contribution in [0.2, 0.25) is 0 Å². The fourth-order valence-electron chi connectivity index (χ4n) is 4.01. The van der Waals surface area contributed by atoms with Crippen molar-refractivity contribution in [3.63, 3.8) is 0 Å². The average molecular weight is 434 g/mol. The van der Waals surface area contributed by atoms with E-state index >= 15 is 0 Å². The molecule has 2 saturated heterocycles. The Kier molecular flexibility index (Phi) is 4.91. The highest BCUT2D eigenvalue weighted by molar-refractivity contribution is 7.94. The number of hydrogen-bond donors (Lipinski definition) is 0. The SMILES string of the molecule is C[C@]1(CCl)[C@H](C(=O)OC(c2ccccc2)c2ccccc2)N2C(=O)C[C@H]2S1(=O)=O. The van der Waals surface area contributed by atoms with Crippen LogP contribution in [0.15, 0.2) is 60.7 Å². The van der Waals surface area contributed by atoms with Gasteiger partial charge in [0.1, 0.15) is 10.1 Å². The molecule has 2 aromatic carbocycles. The number of sulfone groups is 1. The van der Waals surface area contributed by atoms with E-state index in [1.807, 2.05) is 60.7 Å². The highest BCUT2D eigenvalue weighted by atomic mass is 35.5. The maximum Gasteiger partial charge on any atom is 0.331 e. The fourth-order valence-corrected chi connectivity index (χ4v) is 6.81. The summed E-state index contributed by atoms with van der Waals surface area (Å²) in [5, 5.41) is -1.01. The largest absolute Gasteiger partial charge is 0.451 e. The highest BCUT2D eigenvalue weighted by Crippen LogP contribution is 2.47. The molecule has 29 heavy (non-hydrogen) atoms. The zero-order valence-electron chi connectivity index (χ0n) is 15.7. The van der Waals surface area contributed by atoms with Crippen LogP contribution in [0, 0.1) is 0 Å². The number of halogens is 1. The van der Waals surface area contributed by atoms with E-state index in [0.717, 1.165) is 16.0 Å². The van der Waals surface area contributed by atoms with E-state index in [1.165, 1.54) is 6.92 Å². The lowest BCUT2D eigenvalue weighted by Gasteiger charge is -2.37. The predicted molar refractivity (Wildman–Crippen MR) is 108 cm³/mol. The summed E-state index contributed by atoms with van der Waals surface area (Å²) < 4.78 is 30.1. The molecule has 0 spiro atoms. The zero-order valence-corrected chi connectivity index (χ0v) is 17.3. The molecule has 2 fully saturated rings. The van der Waals surface area contributed by atoms with Crippen LogP contribution in [0.1, 0.15) is 30.6 Å². The van der Waals surface area contributed by atoms with E-state index in [2.05, 4.69) is 0 Å². The third-order valence-electron chi connectivity index (χ3n) is 5.74. The summed E-state index contributed by atoms with van der Waals surface area (Å²) in [6.07, 6.45) is -0.859. The Bertz CT molecular complexity index is 1000. The lowest BCUT2D eigenvalue weighted by atomic mass is 9.97. The van der Waals surface area contributed by atoms with E-state index < -0.39 is 38.1 Å². The molecule has 152 valence electrons. The van der Waals surface area contributed by atoms with Crippen LogP contribution in [-0.2, 0) is 24.2 Å². The second kappa shape index (κ2) is 7.15. The van der Waals surface area contributed by atoms with Crippen LogP contribution >= 0.6 is 11.6 Å². The molecule has 2 aromatic rings. The fraction of sp³-hybridized carbons (Fsp3) is 0.333. The van der Waals surface area contributed by atoms with Crippen LogP contribution in [0.3, 0.4) is 0 Å². The molecule has 0 bridgehead atoms. The molecule has 1 amide bonds. The molecule has 0 aliphatic carbocycles. The maximum atomic E-state index is 13.3. The summed E-state index contributed by atoms with van der Waals surface area (Å²) in [4.78, 5) is 26.5. The zero-order chi connectivity index (χ0) is 20.8. The number of carbonyl (C=O) groups excluding carboxylic acids is 2. The number of nitrogens with zero attached hydrogens (tertiary/aromatic N) is 1. The third kappa shape index (κ3) is 2.95. The summed E-state index contributed by atoms with van der Waals surface area (Å²) in [5.74, 6) is -1.47. The van der Waals surface area contributed by atoms with Crippen molar-refractivity contribution in [3.05, 3.63) is 71.8 Å². The molecule has 6 nitrogen and oxygen atoms in total. The van der Waals surface area contributed by atoms with Crippen LogP contribution in [0.5, 0.6) is 0 Å². The molecular weight excluding hydrogens is 414 g/mol. The van der Waals surface area contributed by atoms with Gasteiger partial charge in [-0.15, -0.1) is 11.6 Å². The van der Waals surface area contributed by atoms with Crippen LogP contribution in [0.4, 0.5) is 0 Å². The summed E-state index contributed by atoms with van der Waals surface area (Å²) in [7, 11) is -3.80. The van der Waals surface area contributed by atoms with E-state index in [4.69, 9.17) is 16.3 Å². The molecule has 0 unspecified atom stereocenters. The predicted octanol–water partition coefficient (Wildman–Crippen LogP) is 2.67. The van der Waals surface area contributed by atoms with E-state index in [1.54, 1.807) is 0 Å². The van der Waals surface area contributed by atoms with Gasteiger partial charge in [-0.2, -0.15) is 0 Å². The number of alkyl halides is 1. The normalized spacial score (nSPS) is 27.4. The quantitative estimate of drug-likeness (QED) is 0.411. The van der Waals surface area contributed by atoms with Gasteiger partial charge in [-0.1, -0.05) is 60.7 Å². The Hall–Kier alpha value is -2.38. The number of benzene rings is 2. The monoisotopic (exact) mass is 433 g/mol. The van der Waals surface area contributed by atoms with E-state index in [-0.39, 0.29) is 18.2 Å². The highest BCUT2D eigenvalue weighted by Gasteiger charge is 2.70. The molecule has 0 N–H and O–H groups in total. The molecule has 2 aliphatic heterocycles. The number of β-lactam (4-membered cyclic amide) rings is 1. The van der Waals surface area contributed by atoms with Crippen LogP contribution in [-0.4, -0.2) is 47.2 Å². The van der Waals surface area contributed by atoms with Crippen molar-refractivity contribution in [1.82, 2.24) is 4.90 Å². The Morgan fingerprint density at radius 3 is 2.10 bits per heavy atom. The van der Waals surface area contributed by atoms with Gasteiger partial charge in [0.2, 0.25) is 5.91 Å². The average Bonchev–Trinajstić information content (AvgIpc) is 2.88. The lowest BCUT2D eigenvalue weighted by Crippen LogP contribution is -2.58. The molecule has 4 rings (SSSR count). The molecular formula is C21H20ClNO5S. The second-order valence-electron chi connectivity index (χ2n) is 7.49. The smallest absolute Gasteiger partial charge is 0.331 e. The van der Waals surface area contributed by atoms with Gasteiger partial charge in [-0.05, 0) is 18.1 Å². The number of fused-ring (bicyclic) bond motifs is 1. The topological polar surface area (TPSA) is 80.8 Å². The van der Waals surface area contributed by atoms with Gasteiger partial charge in [0.15, 0.2) is 22.0 Å². The Balaban J connectivity index is 1.72. The standard InChI is InChI=1S/C21H20ClNO5S/c1-21(13-22)19(23-16(24)12-17(23)29(21,26)27)20(25)28-18(14-8-4-2-5-9-14)15-10-6-3-7-11-15/h2-11,17-19H,12-13H2,1H3/t17-,19+,21+/m1/s1. The minimum Gasteiger partial charge on any atom is -0.451 e. The van der Waals surface area contributed by atoms with Gasteiger partial charge in [0, 0.05) is 5.88 Å². The first kappa shape index (κ1) is 19.9. The number of hydrogen-bond acceptors (Lipinski definition) is 5. The number of rotatable bonds is 5. The number of carbonyl (C=O) groups is 2. The molecule has 0 saturated carbocycles. The van der Waals surface area contributed by atoms with Gasteiger partial charge in [-0.3, -0.25) is 4.79 Å². The second-order valence-corrected chi connectivity index (χ2v) is 10.3. The van der Waals surface area contributed by atoms with Gasteiger partial charge in [0.25, 0.3) is 0 Å². The first-order chi connectivity index (χ1) is 13.8. The first-order valence-corrected chi connectivity index (χ1v) is 11.3. The van der Waals surface area contributed by atoms with E-state index in [0.29, 0.717) is 0 Å². The minimum atomic E-state index is -3.80. The van der Waals surface area contributed by atoms with Gasteiger partial charge in [-0.25, -0.2) is 13.2 Å². The molecule has 2 aliphatic rings. The summed E-state index contributed by atoms with van der Waals surface area (Å²) in [6, 6.07) is 17.1. The summed E-state index contributed by atoms with van der Waals surface area (Å²) >= 11 is 6.02. The van der Waals surface area contributed by atoms with E-state index in [9.17, 15) is 18.0 Å². The van der Waals surface area contributed by atoms with Crippen molar-refractivity contribution >= 4 is 33.3 Å². The van der Waals surface area contributed by atoms with Crippen molar-refractivity contribution in [3.8, 4) is 0 Å². The number of ether oxygens (including phenoxy) is 1. The van der Waals surface area contributed by atoms with Crippen molar-refractivity contribution in [2.45, 2.75) is 35.6 Å². The lowest BCUT2D eigenvalue weighted by molar-refractivity contribution is -0.164. The van der Waals surface area contributed by atoms with Crippen molar-refractivity contribution in [2.24, 2.45) is 0 Å². The Morgan fingerprint density at radius 1 is 1.14 bits per heavy atom. The molecule has 3 atom stereocenters. The number of amides is 1. The first-order valence-electron chi connectivity index (χ1n) is 9.22. The Labute approximate surface area is 174 Å². The molecule has 2 heterocycles. The summed E-state index contributed by atoms with van der Waals surface area (Å²) in [5.41, 5.74) is 1.49. The molecule has 0 radical (unpaired) electrons. The Morgan fingerprint density at radius 2 is 1.66 bits per heavy atom. The van der Waals surface area contributed by atoms with Gasteiger partial charge < -0.3 is 9.64 Å². The van der Waals surface area contributed by atoms with Crippen molar-refractivity contribution in [1.29, 1.82) is 0 Å². The van der Waals surface area contributed by atoms with Gasteiger partial charge >= 0.3 is 5.97 Å². The van der Waals surface area contributed by atoms with Crippen molar-refractivity contribution < 1.29 is 22.7 Å².